The van der Waals surface area contributed by atoms with Crippen LogP contribution in [0.15, 0.2) is 94.7 Å². The maximum atomic E-state index is 13.5. The number of rotatable bonds is 8. The number of carbonyl (C=O) groups excluding carboxylic acids is 1. The van der Waals surface area contributed by atoms with Gasteiger partial charge in [-0.1, -0.05) is 54.6 Å². The first kappa shape index (κ1) is 25.8. The number of para-hydroxylation sites is 1. The Balaban J connectivity index is 1.64. The average Bonchev–Trinajstić information content (AvgIpc) is 2.92. The smallest absolute Gasteiger partial charge is 0.243 e. The van der Waals surface area contributed by atoms with E-state index in [0.717, 1.165) is 8.61 Å². The SMILES string of the molecule is COc1ccccc1CNC(=O)[C@@H]1CN(S(=O)(=O)c2ccccc2)CCN1S(=O)(=O)c1ccccc1. The second-order valence-electron chi connectivity index (χ2n) is 8.15. The Morgan fingerprint density at radius 1 is 0.833 bits per heavy atom. The zero-order valence-electron chi connectivity index (χ0n) is 19.6. The second-order valence-corrected chi connectivity index (χ2v) is 12.0. The first-order valence-corrected chi connectivity index (χ1v) is 14.1. The molecule has 1 N–H and O–H groups in total. The number of nitrogens with one attached hydrogen (secondary N) is 1. The number of methoxy groups -OCH3 is 1. The number of hydrogen-bond donors (Lipinski definition) is 1. The Bertz CT molecular complexity index is 1410. The van der Waals surface area contributed by atoms with E-state index in [1.54, 1.807) is 60.7 Å². The van der Waals surface area contributed by atoms with Gasteiger partial charge >= 0.3 is 0 Å². The zero-order chi connectivity index (χ0) is 25.8. The van der Waals surface area contributed by atoms with E-state index in [0.29, 0.717) is 11.3 Å². The number of sulfonamides is 2. The van der Waals surface area contributed by atoms with Crippen LogP contribution in [0.25, 0.3) is 0 Å². The van der Waals surface area contributed by atoms with Crippen LogP contribution in [0.3, 0.4) is 0 Å². The highest BCUT2D eigenvalue weighted by molar-refractivity contribution is 7.89. The molecule has 0 saturated carbocycles. The fraction of sp³-hybridized carbons (Fsp3) is 0.240. The van der Waals surface area contributed by atoms with Crippen LogP contribution in [0.2, 0.25) is 0 Å². The van der Waals surface area contributed by atoms with Crippen molar-refractivity contribution in [2.24, 2.45) is 0 Å². The third-order valence-electron chi connectivity index (χ3n) is 5.97. The normalized spacial score (nSPS) is 17.4. The summed E-state index contributed by atoms with van der Waals surface area (Å²) in [6.45, 7) is -0.485. The van der Waals surface area contributed by atoms with Crippen molar-refractivity contribution in [2.45, 2.75) is 22.4 Å². The first-order chi connectivity index (χ1) is 17.2. The van der Waals surface area contributed by atoms with Gasteiger partial charge in [-0.15, -0.1) is 0 Å². The van der Waals surface area contributed by atoms with E-state index in [-0.39, 0.29) is 36.0 Å². The summed E-state index contributed by atoms with van der Waals surface area (Å²) in [7, 11) is -6.47. The van der Waals surface area contributed by atoms with Gasteiger partial charge in [0.05, 0.1) is 16.9 Å². The fourth-order valence-electron chi connectivity index (χ4n) is 4.08. The van der Waals surface area contributed by atoms with Gasteiger partial charge in [0.15, 0.2) is 0 Å². The molecule has 1 saturated heterocycles. The van der Waals surface area contributed by atoms with Crippen molar-refractivity contribution in [2.75, 3.05) is 26.7 Å². The molecule has 0 bridgehead atoms. The van der Waals surface area contributed by atoms with Crippen molar-refractivity contribution in [3.63, 3.8) is 0 Å². The lowest BCUT2D eigenvalue weighted by atomic mass is 10.2. The predicted octanol–water partition coefficient (Wildman–Crippen LogP) is 2.08. The molecule has 9 nitrogen and oxygen atoms in total. The van der Waals surface area contributed by atoms with E-state index >= 15 is 0 Å². The molecule has 1 aliphatic rings. The van der Waals surface area contributed by atoms with Gasteiger partial charge in [0, 0.05) is 31.7 Å². The highest BCUT2D eigenvalue weighted by Crippen LogP contribution is 2.26. The van der Waals surface area contributed by atoms with Crippen LogP contribution in [0, 0.1) is 0 Å². The summed E-state index contributed by atoms with van der Waals surface area (Å²) in [5.74, 6) is -0.0307. The molecule has 0 radical (unpaired) electrons. The Kier molecular flexibility index (Phi) is 7.74. The maximum Gasteiger partial charge on any atom is 0.243 e. The monoisotopic (exact) mass is 529 g/mol. The lowest BCUT2D eigenvalue weighted by Crippen LogP contribution is -2.61. The largest absolute Gasteiger partial charge is 0.496 e. The summed E-state index contributed by atoms with van der Waals surface area (Å²) in [6, 6.07) is 21.5. The Morgan fingerprint density at radius 3 is 2.00 bits per heavy atom. The highest BCUT2D eigenvalue weighted by atomic mass is 32.2. The molecule has 1 atom stereocenters. The van der Waals surface area contributed by atoms with E-state index in [2.05, 4.69) is 5.32 Å². The summed E-state index contributed by atoms with van der Waals surface area (Å²) >= 11 is 0. The predicted molar refractivity (Wildman–Crippen MR) is 134 cm³/mol. The van der Waals surface area contributed by atoms with Crippen LogP contribution in [-0.4, -0.2) is 64.1 Å². The van der Waals surface area contributed by atoms with Crippen molar-refractivity contribution in [3.05, 3.63) is 90.5 Å². The number of amides is 1. The molecule has 4 rings (SSSR count). The van der Waals surface area contributed by atoms with Crippen LogP contribution in [0.1, 0.15) is 5.56 Å². The maximum absolute atomic E-state index is 13.5. The number of hydrogen-bond acceptors (Lipinski definition) is 6. The summed E-state index contributed by atoms with van der Waals surface area (Å²) in [5.41, 5.74) is 0.704. The molecular weight excluding hydrogens is 502 g/mol. The molecule has 1 aliphatic heterocycles. The summed E-state index contributed by atoms with van der Waals surface area (Å²) < 4.78 is 61.0. The van der Waals surface area contributed by atoms with Crippen molar-refractivity contribution in [1.82, 2.24) is 13.9 Å². The number of nitrogens with zero attached hydrogens (tertiary/aromatic N) is 2. The topological polar surface area (TPSA) is 113 Å². The summed E-state index contributed by atoms with van der Waals surface area (Å²) in [6.07, 6.45) is 0. The number of carbonyl (C=O) groups is 1. The molecule has 1 fully saturated rings. The van der Waals surface area contributed by atoms with Crippen molar-refractivity contribution < 1.29 is 26.4 Å². The average molecular weight is 530 g/mol. The fourth-order valence-corrected chi connectivity index (χ4v) is 7.13. The van der Waals surface area contributed by atoms with E-state index in [1.807, 2.05) is 0 Å². The van der Waals surface area contributed by atoms with Crippen molar-refractivity contribution >= 4 is 26.0 Å². The van der Waals surface area contributed by atoms with E-state index in [9.17, 15) is 21.6 Å². The lowest BCUT2D eigenvalue weighted by Gasteiger charge is -2.39. The van der Waals surface area contributed by atoms with Gasteiger partial charge in [-0.25, -0.2) is 16.8 Å². The molecule has 3 aromatic carbocycles. The zero-order valence-corrected chi connectivity index (χ0v) is 21.3. The molecule has 0 spiro atoms. The van der Waals surface area contributed by atoms with Gasteiger partial charge in [-0.3, -0.25) is 4.79 Å². The first-order valence-electron chi connectivity index (χ1n) is 11.3. The van der Waals surface area contributed by atoms with E-state index < -0.39 is 32.0 Å². The Hall–Kier alpha value is -3.25. The summed E-state index contributed by atoms with van der Waals surface area (Å²) in [4.78, 5) is 13.5. The van der Waals surface area contributed by atoms with Gasteiger partial charge < -0.3 is 10.1 Å². The van der Waals surface area contributed by atoms with Gasteiger partial charge in [0.1, 0.15) is 11.8 Å². The molecule has 1 heterocycles. The van der Waals surface area contributed by atoms with E-state index in [4.69, 9.17) is 4.74 Å². The molecule has 3 aromatic rings. The van der Waals surface area contributed by atoms with Gasteiger partial charge in [0.25, 0.3) is 0 Å². The second kappa shape index (κ2) is 10.8. The number of benzene rings is 3. The standard InChI is InChI=1S/C25H27N3O6S2/c1-34-24-15-9-8-10-20(24)18-26-25(29)23-19-27(35(30,31)21-11-4-2-5-12-21)16-17-28(23)36(32,33)22-13-6-3-7-14-22/h2-15,23H,16-19H2,1H3,(H,26,29)/t23-/m0/s1. The van der Waals surface area contributed by atoms with Gasteiger partial charge in [-0.2, -0.15) is 8.61 Å². The van der Waals surface area contributed by atoms with Crippen molar-refractivity contribution in [1.29, 1.82) is 0 Å². The molecule has 0 aliphatic carbocycles. The van der Waals surface area contributed by atoms with Crippen LogP contribution in [0.4, 0.5) is 0 Å². The van der Waals surface area contributed by atoms with E-state index in [1.165, 1.54) is 31.4 Å². The third-order valence-corrected chi connectivity index (χ3v) is 9.77. The minimum atomic E-state index is -4.06. The van der Waals surface area contributed by atoms with Crippen LogP contribution >= 0.6 is 0 Å². The molecule has 0 unspecified atom stereocenters. The molecule has 1 amide bonds. The summed E-state index contributed by atoms with van der Waals surface area (Å²) in [5, 5.41) is 2.76. The van der Waals surface area contributed by atoms with Crippen molar-refractivity contribution in [3.8, 4) is 5.75 Å². The lowest BCUT2D eigenvalue weighted by molar-refractivity contribution is -0.126. The molecule has 0 aromatic heterocycles. The molecule has 36 heavy (non-hydrogen) atoms. The number of piperazine rings is 1. The van der Waals surface area contributed by atoms with Crippen LogP contribution in [0.5, 0.6) is 5.75 Å². The quantitative estimate of drug-likeness (QED) is 0.478. The van der Waals surface area contributed by atoms with Gasteiger partial charge in [0.2, 0.25) is 26.0 Å². The Morgan fingerprint density at radius 2 is 1.39 bits per heavy atom. The molecule has 190 valence electrons. The minimum absolute atomic E-state index is 0.0342. The Labute approximate surface area is 211 Å². The third kappa shape index (κ3) is 5.29. The highest BCUT2D eigenvalue weighted by Gasteiger charge is 2.43. The number of ether oxygens (including phenoxy) is 1. The van der Waals surface area contributed by atoms with Crippen LogP contribution < -0.4 is 10.1 Å². The van der Waals surface area contributed by atoms with Gasteiger partial charge in [-0.05, 0) is 30.3 Å². The molecular formula is C25H27N3O6S2. The van der Waals surface area contributed by atoms with Crippen LogP contribution in [-0.2, 0) is 31.4 Å². The molecule has 11 heteroatoms. The minimum Gasteiger partial charge on any atom is -0.496 e.